The molecule has 0 aromatic carbocycles. The lowest BCUT2D eigenvalue weighted by Gasteiger charge is -2.30. The Balaban J connectivity index is 4.75. The molecule has 0 heterocycles. The molecule has 0 fully saturated rings. The molecule has 5 nitrogen and oxygen atoms in total. The van der Waals surface area contributed by atoms with Crippen molar-refractivity contribution in [3.63, 3.8) is 0 Å². The van der Waals surface area contributed by atoms with Crippen LogP contribution < -0.4 is 5.14 Å². The van der Waals surface area contributed by atoms with Crippen LogP contribution >= 0.6 is 0 Å². The molecular weight excluding hydrogens is 343 g/mol. The highest BCUT2D eigenvalue weighted by Gasteiger charge is 2.29. The largest absolute Gasteiger partial charge is 0.393 e. The summed E-state index contributed by atoms with van der Waals surface area (Å²) in [6, 6.07) is -0.275. The summed E-state index contributed by atoms with van der Waals surface area (Å²) in [7, 11) is -3.98. The van der Waals surface area contributed by atoms with Gasteiger partial charge in [-0.05, 0) is 12.8 Å². The number of nitrogens with zero attached hydrogens (tertiary/aromatic N) is 1. The van der Waals surface area contributed by atoms with Gasteiger partial charge in [0.15, 0.2) is 0 Å². The second kappa shape index (κ2) is 14.9. The molecule has 0 saturated heterocycles. The van der Waals surface area contributed by atoms with E-state index >= 15 is 0 Å². The predicted octanol–water partition coefficient (Wildman–Crippen LogP) is 3.91. The van der Waals surface area contributed by atoms with Gasteiger partial charge in [-0.2, -0.15) is 12.7 Å². The summed E-state index contributed by atoms with van der Waals surface area (Å²) in [5.74, 6) is 0. The van der Waals surface area contributed by atoms with Crippen molar-refractivity contribution in [2.75, 3.05) is 13.2 Å². The van der Waals surface area contributed by atoms with Crippen LogP contribution in [0.2, 0.25) is 0 Å². The van der Waals surface area contributed by atoms with Crippen molar-refractivity contribution in [3.8, 4) is 0 Å². The third kappa shape index (κ3) is 12.7. The first-order chi connectivity index (χ1) is 11.9. The van der Waals surface area contributed by atoms with Gasteiger partial charge in [-0.15, -0.1) is 0 Å². The van der Waals surface area contributed by atoms with Crippen LogP contribution in [0.25, 0.3) is 0 Å². The van der Waals surface area contributed by atoms with Crippen LogP contribution in [0, 0.1) is 0 Å². The van der Waals surface area contributed by atoms with Crippen molar-refractivity contribution in [3.05, 3.63) is 0 Å². The Morgan fingerprint density at radius 1 is 0.920 bits per heavy atom. The average molecular weight is 383 g/mol. The normalized spacial score (nSPS) is 13.7. The number of aliphatic hydroxyl groups excluding tert-OH is 1. The van der Waals surface area contributed by atoms with Gasteiger partial charge in [0.1, 0.15) is 6.17 Å². The fourth-order valence-electron chi connectivity index (χ4n) is 3.11. The average Bonchev–Trinajstić information content (AvgIpc) is 2.56. The Morgan fingerprint density at radius 3 is 1.72 bits per heavy atom. The Morgan fingerprint density at radius 2 is 1.36 bits per heavy atom. The van der Waals surface area contributed by atoms with Gasteiger partial charge in [0.2, 0.25) is 0 Å². The Bertz CT molecular complexity index is 393. The minimum Gasteiger partial charge on any atom is -0.393 e. The first-order valence-electron chi connectivity index (χ1n) is 9.91. The van der Waals surface area contributed by atoms with E-state index in [2.05, 4.69) is 13.8 Å². The van der Waals surface area contributed by atoms with Gasteiger partial charge < -0.3 is 5.11 Å². The fraction of sp³-hybridized carbons (Fsp3) is 1.00. The van der Waals surface area contributed by atoms with Crippen molar-refractivity contribution < 1.29 is 17.9 Å². The SMILES string of the molecule is CCCCCCCC(CCCCCCC)N(CC(F)CO)S(N)(=O)=O. The third-order valence-corrected chi connectivity index (χ3v) is 5.69. The Labute approximate surface area is 154 Å². The molecule has 1 atom stereocenters. The predicted molar refractivity (Wildman–Crippen MR) is 102 cm³/mol. The molecule has 3 N–H and O–H groups in total. The summed E-state index contributed by atoms with van der Waals surface area (Å²) in [5.41, 5.74) is 0. The molecule has 0 aliphatic rings. The van der Waals surface area contributed by atoms with Crippen LogP contribution in [0.3, 0.4) is 0 Å². The maximum absolute atomic E-state index is 13.6. The number of alkyl halides is 1. The van der Waals surface area contributed by atoms with E-state index in [4.69, 9.17) is 10.2 Å². The number of halogens is 1. The summed E-state index contributed by atoms with van der Waals surface area (Å²) in [6.07, 6.45) is 10.7. The van der Waals surface area contributed by atoms with Gasteiger partial charge in [-0.25, -0.2) is 9.53 Å². The second-order valence-corrected chi connectivity index (χ2v) is 8.45. The molecule has 152 valence electrons. The number of unbranched alkanes of at least 4 members (excludes halogenated alkanes) is 8. The van der Waals surface area contributed by atoms with Crippen LogP contribution in [0.4, 0.5) is 4.39 Å². The second-order valence-electron chi connectivity index (χ2n) is 6.95. The van der Waals surface area contributed by atoms with Crippen LogP contribution in [0.5, 0.6) is 0 Å². The molecule has 0 rings (SSSR count). The van der Waals surface area contributed by atoms with Gasteiger partial charge >= 0.3 is 0 Å². The zero-order valence-corrected chi connectivity index (χ0v) is 16.9. The number of rotatable bonds is 17. The van der Waals surface area contributed by atoms with Crippen molar-refractivity contribution in [2.45, 2.75) is 103 Å². The molecule has 0 saturated carbocycles. The first kappa shape index (κ1) is 24.8. The molecule has 25 heavy (non-hydrogen) atoms. The number of nitrogens with two attached hydrogens (primary N) is 1. The van der Waals surface area contributed by atoms with E-state index in [0.29, 0.717) is 12.8 Å². The highest BCUT2D eigenvalue weighted by atomic mass is 32.2. The molecule has 0 aromatic rings. The van der Waals surface area contributed by atoms with Crippen molar-refractivity contribution >= 4 is 10.2 Å². The molecular formula is C18H39FN2O3S. The van der Waals surface area contributed by atoms with Crippen molar-refractivity contribution in [1.29, 1.82) is 0 Å². The fourth-order valence-corrected chi connectivity index (χ4v) is 4.11. The van der Waals surface area contributed by atoms with Crippen LogP contribution in [-0.2, 0) is 10.2 Å². The molecule has 0 bridgehead atoms. The summed E-state index contributed by atoms with van der Waals surface area (Å²) >= 11 is 0. The van der Waals surface area contributed by atoms with E-state index in [0.717, 1.165) is 55.7 Å². The van der Waals surface area contributed by atoms with Gasteiger partial charge in [-0.1, -0.05) is 78.1 Å². The minimum absolute atomic E-state index is 0.275. The van der Waals surface area contributed by atoms with Crippen molar-refractivity contribution in [1.82, 2.24) is 4.31 Å². The number of aliphatic hydroxyl groups is 1. The topological polar surface area (TPSA) is 83.6 Å². The van der Waals surface area contributed by atoms with E-state index in [1.807, 2.05) is 0 Å². The molecule has 0 aromatic heterocycles. The van der Waals surface area contributed by atoms with Gasteiger partial charge in [-0.3, -0.25) is 0 Å². The zero-order chi connectivity index (χ0) is 19.1. The maximum Gasteiger partial charge on any atom is 0.277 e. The molecule has 0 aliphatic heterocycles. The smallest absolute Gasteiger partial charge is 0.277 e. The van der Waals surface area contributed by atoms with E-state index < -0.39 is 23.0 Å². The third-order valence-electron chi connectivity index (χ3n) is 4.59. The van der Waals surface area contributed by atoms with E-state index in [1.165, 1.54) is 12.8 Å². The van der Waals surface area contributed by atoms with E-state index in [-0.39, 0.29) is 12.6 Å². The highest BCUT2D eigenvalue weighted by molar-refractivity contribution is 7.86. The Hall–Kier alpha value is -0.240. The quantitative estimate of drug-likeness (QED) is 0.374. The summed E-state index contributed by atoms with van der Waals surface area (Å²) in [6.45, 7) is 3.26. The summed E-state index contributed by atoms with van der Waals surface area (Å²) < 4.78 is 38.6. The van der Waals surface area contributed by atoms with Crippen molar-refractivity contribution in [2.24, 2.45) is 5.14 Å². The lowest BCUT2D eigenvalue weighted by atomic mass is 10.00. The van der Waals surface area contributed by atoms with Crippen LogP contribution in [-0.4, -0.2) is 43.2 Å². The lowest BCUT2D eigenvalue weighted by Crippen LogP contribution is -2.47. The summed E-state index contributed by atoms with van der Waals surface area (Å²) in [5, 5.41) is 14.3. The zero-order valence-electron chi connectivity index (χ0n) is 16.1. The number of hydrogen-bond donors (Lipinski definition) is 2. The molecule has 1 unspecified atom stereocenters. The van der Waals surface area contributed by atoms with Gasteiger partial charge in [0.05, 0.1) is 6.61 Å². The number of hydrogen-bond acceptors (Lipinski definition) is 3. The Kier molecular flexibility index (Phi) is 14.7. The molecule has 0 aliphatic carbocycles. The maximum atomic E-state index is 13.6. The first-order valence-corrected chi connectivity index (χ1v) is 11.4. The van der Waals surface area contributed by atoms with Gasteiger partial charge in [0.25, 0.3) is 10.2 Å². The lowest BCUT2D eigenvalue weighted by molar-refractivity contribution is 0.138. The molecule has 7 heteroatoms. The van der Waals surface area contributed by atoms with Gasteiger partial charge in [0, 0.05) is 12.6 Å². The highest BCUT2D eigenvalue weighted by Crippen LogP contribution is 2.21. The minimum atomic E-state index is -3.98. The molecule has 0 spiro atoms. The standard InChI is InChI=1S/C18H39FN2O3S/c1-3-5-7-9-11-13-18(14-12-10-8-6-4-2)21(25(20,23)24)15-17(19)16-22/h17-18,22H,3-16H2,1-2H3,(H2,20,23,24). The van der Waals surface area contributed by atoms with E-state index in [1.54, 1.807) is 0 Å². The van der Waals surface area contributed by atoms with Crippen LogP contribution in [0.15, 0.2) is 0 Å². The summed E-state index contributed by atoms with van der Waals surface area (Å²) in [4.78, 5) is 0. The molecule has 0 radical (unpaired) electrons. The van der Waals surface area contributed by atoms with Crippen LogP contribution in [0.1, 0.15) is 90.9 Å². The molecule has 0 amide bonds. The van der Waals surface area contributed by atoms with E-state index in [9.17, 15) is 12.8 Å². The monoisotopic (exact) mass is 382 g/mol.